The maximum absolute atomic E-state index is 11.8. The SMILES string of the molecule is CCNC(=O)NC(=O)C(C)N1CCC(CO)CC1. The Kier molecular flexibility index (Phi) is 6.07. The summed E-state index contributed by atoms with van der Waals surface area (Å²) in [4.78, 5) is 25.1. The van der Waals surface area contributed by atoms with Crippen LogP contribution in [0.4, 0.5) is 4.79 Å². The topological polar surface area (TPSA) is 81.7 Å². The van der Waals surface area contributed by atoms with Gasteiger partial charge in [0.05, 0.1) is 6.04 Å². The maximum atomic E-state index is 11.8. The molecule has 1 heterocycles. The number of likely N-dealkylation sites (tertiary alicyclic amines) is 1. The van der Waals surface area contributed by atoms with Gasteiger partial charge in [-0.1, -0.05) is 0 Å². The van der Waals surface area contributed by atoms with Crippen LogP contribution in [0.25, 0.3) is 0 Å². The van der Waals surface area contributed by atoms with Crippen LogP contribution >= 0.6 is 0 Å². The normalized spacial score (nSPS) is 19.3. The highest BCUT2D eigenvalue weighted by molar-refractivity contribution is 5.96. The van der Waals surface area contributed by atoms with Crippen molar-refractivity contribution in [1.29, 1.82) is 0 Å². The summed E-state index contributed by atoms with van der Waals surface area (Å²) in [5.74, 6) is 0.0725. The molecule has 1 unspecified atom stereocenters. The predicted octanol–water partition coefficient (Wildman–Crippen LogP) is -0.0751. The third-order valence-electron chi connectivity index (χ3n) is 3.41. The Bertz CT molecular complexity index is 288. The molecule has 1 aliphatic heterocycles. The molecule has 0 radical (unpaired) electrons. The van der Waals surface area contributed by atoms with Gasteiger partial charge in [0.15, 0.2) is 0 Å². The van der Waals surface area contributed by atoms with Crippen molar-refractivity contribution in [3.8, 4) is 0 Å². The van der Waals surface area contributed by atoms with Crippen LogP contribution in [0.5, 0.6) is 0 Å². The summed E-state index contributed by atoms with van der Waals surface area (Å²) >= 11 is 0. The van der Waals surface area contributed by atoms with Crippen molar-refractivity contribution in [2.45, 2.75) is 32.7 Å². The van der Waals surface area contributed by atoms with Gasteiger partial charge in [-0.15, -0.1) is 0 Å². The van der Waals surface area contributed by atoms with Crippen molar-refractivity contribution in [2.75, 3.05) is 26.2 Å². The molecule has 0 aliphatic carbocycles. The van der Waals surface area contributed by atoms with E-state index < -0.39 is 6.03 Å². The molecule has 0 spiro atoms. The van der Waals surface area contributed by atoms with Gasteiger partial charge < -0.3 is 10.4 Å². The number of hydrogen-bond donors (Lipinski definition) is 3. The second kappa shape index (κ2) is 7.33. The molecule has 0 aromatic rings. The number of aliphatic hydroxyl groups is 1. The average Bonchev–Trinajstić information content (AvgIpc) is 2.38. The summed E-state index contributed by atoms with van der Waals surface area (Å²) in [6.45, 7) is 5.88. The highest BCUT2D eigenvalue weighted by atomic mass is 16.3. The zero-order chi connectivity index (χ0) is 13.5. The first-order chi connectivity index (χ1) is 8.58. The summed E-state index contributed by atoms with van der Waals surface area (Å²) in [5, 5.41) is 13.9. The third kappa shape index (κ3) is 4.27. The number of nitrogens with one attached hydrogen (secondary N) is 2. The fraction of sp³-hybridized carbons (Fsp3) is 0.833. The number of carbonyl (C=O) groups excluding carboxylic acids is 2. The zero-order valence-corrected chi connectivity index (χ0v) is 11.1. The first-order valence-electron chi connectivity index (χ1n) is 6.52. The predicted molar refractivity (Wildman–Crippen MR) is 68.1 cm³/mol. The lowest BCUT2D eigenvalue weighted by Crippen LogP contribution is -2.51. The van der Waals surface area contributed by atoms with E-state index in [1.807, 2.05) is 4.90 Å². The van der Waals surface area contributed by atoms with Crippen molar-refractivity contribution in [3.63, 3.8) is 0 Å². The fourth-order valence-electron chi connectivity index (χ4n) is 2.11. The zero-order valence-electron chi connectivity index (χ0n) is 11.1. The van der Waals surface area contributed by atoms with Gasteiger partial charge in [0, 0.05) is 13.2 Å². The van der Waals surface area contributed by atoms with Crippen molar-refractivity contribution in [1.82, 2.24) is 15.5 Å². The summed E-state index contributed by atoms with van der Waals surface area (Å²) in [5.41, 5.74) is 0. The first-order valence-corrected chi connectivity index (χ1v) is 6.52. The Hall–Kier alpha value is -1.14. The van der Waals surface area contributed by atoms with Crippen LogP contribution < -0.4 is 10.6 Å². The van der Waals surface area contributed by atoms with Gasteiger partial charge in [0.2, 0.25) is 5.91 Å². The molecule has 3 N–H and O–H groups in total. The Balaban J connectivity index is 2.37. The minimum Gasteiger partial charge on any atom is -0.396 e. The lowest BCUT2D eigenvalue weighted by atomic mass is 9.97. The minimum absolute atomic E-state index is 0.216. The van der Waals surface area contributed by atoms with Gasteiger partial charge in [-0.25, -0.2) is 4.79 Å². The van der Waals surface area contributed by atoms with Crippen molar-refractivity contribution >= 4 is 11.9 Å². The summed E-state index contributed by atoms with van der Waals surface area (Å²) in [7, 11) is 0. The van der Waals surface area contributed by atoms with Crippen LogP contribution in [-0.2, 0) is 4.79 Å². The Morgan fingerprint density at radius 1 is 1.39 bits per heavy atom. The molecule has 104 valence electrons. The number of carbonyl (C=O) groups is 2. The summed E-state index contributed by atoms with van der Waals surface area (Å²) in [6, 6.07) is -0.758. The highest BCUT2D eigenvalue weighted by Gasteiger charge is 2.26. The number of nitrogens with zero attached hydrogens (tertiary/aromatic N) is 1. The molecular formula is C12H23N3O3. The van der Waals surface area contributed by atoms with E-state index in [0.29, 0.717) is 12.5 Å². The first kappa shape index (κ1) is 14.9. The van der Waals surface area contributed by atoms with E-state index in [-0.39, 0.29) is 18.6 Å². The molecule has 1 aliphatic rings. The van der Waals surface area contributed by atoms with Crippen molar-refractivity contribution in [3.05, 3.63) is 0 Å². The molecule has 3 amide bonds. The second-order valence-electron chi connectivity index (χ2n) is 4.69. The molecule has 6 heteroatoms. The largest absolute Gasteiger partial charge is 0.396 e. The van der Waals surface area contributed by atoms with Crippen LogP contribution in [0.2, 0.25) is 0 Å². The molecule has 1 saturated heterocycles. The molecule has 0 aromatic heterocycles. The monoisotopic (exact) mass is 257 g/mol. The van der Waals surface area contributed by atoms with Crippen LogP contribution in [0.3, 0.4) is 0 Å². The number of rotatable bonds is 4. The number of piperidine rings is 1. The quantitative estimate of drug-likeness (QED) is 0.658. The van der Waals surface area contributed by atoms with E-state index in [1.165, 1.54) is 0 Å². The van der Waals surface area contributed by atoms with Crippen LogP contribution in [-0.4, -0.2) is 54.2 Å². The average molecular weight is 257 g/mol. The molecule has 18 heavy (non-hydrogen) atoms. The molecule has 0 saturated carbocycles. The number of amides is 3. The molecule has 0 aromatic carbocycles. The Labute approximate surface area is 108 Å². The standard InChI is InChI=1S/C12H23N3O3/c1-3-13-12(18)14-11(17)9(2)15-6-4-10(8-16)5-7-15/h9-10,16H,3-8H2,1-2H3,(H2,13,14,17,18). The lowest BCUT2D eigenvalue weighted by Gasteiger charge is -2.34. The van der Waals surface area contributed by atoms with E-state index in [2.05, 4.69) is 10.6 Å². The van der Waals surface area contributed by atoms with Gasteiger partial charge in [0.1, 0.15) is 0 Å². The summed E-state index contributed by atoms with van der Waals surface area (Å²) in [6.07, 6.45) is 1.80. The van der Waals surface area contributed by atoms with E-state index in [1.54, 1.807) is 13.8 Å². The van der Waals surface area contributed by atoms with Gasteiger partial charge >= 0.3 is 6.03 Å². The van der Waals surface area contributed by atoms with Gasteiger partial charge in [-0.3, -0.25) is 15.0 Å². The van der Waals surface area contributed by atoms with E-state index >= 15 is 0 Å². The number of aliphatic hydroxyl groups excluding tert-OH is 1. The number of imide groups is 1. The summed E-state index contributed by atoms with van der Waals surface area (Å²) < 4.78 is 0. The van der Waals surface area contributed by atoms with Crippen LogP contribution in [0, 0.1) is 5.92 Å². The molecule has 1 atom stereocenters. The van der Waals surface area contributed by atoms with Crippen LogP contribution in [0.1, 0.15) is 26.7 Å². The fourth-order valence-corrected chi connectivity index (χ4v) is 2.11. The second-order valence-corrected chi connectivity index (χ2v) is 4.69. The third-order valence-corrected chi connectivity index (χ3v) is 3.41. The van der Waals surface area contributed by atoms with Crippen LogP contribution in [0.15, 0.2) is 0 Å². The number of hydrogen-bond acceptors (Lipinski definition) is 4. The van der Waals surface area contributed by atoms with Gasteiger partial charge in [0.25, 0.3) is 0 Å². The van der Waals surface area contributed by atoms with E-state index in [9.17, 15) is 9.59 Å². The maximum Gasteiger partial charge on any atom is 0.321 e. The highest BCUT2D eigenvalue weighted by Crippen LogP contribution is 2.18. The van der Waals surface area contributed by atoms with E-state index in [0.717, 1.165) is 25.9 Å². The molecule has 0 bridgehead atoms. The van der Waals surface area contributed by atoms with Crippen molar-refractivity contribution in [2.24, 2.45) is 5.92 Å². The molecule has 6 nitrogen and oxygen atoms in total. The smallest absolute Gasteiger partial charge is 0.321 e. The molecular weight excluding hydrogens is 234 g/mol. The van der Waals surface area contributed by atoms with Crippen molar-refractivity contribution < 1.29 is 14.7 Å². The van der Waals surface area contributed by atoms with E-state index in [4.69, 9.17) is 5.11 Å². The number of urea groups is 1. The minimum atomic E-state index is -0.445. The lowest BCUT2D eigenvalue weighted by molar-refractivity contribution is -0.125. The Morgan fingerprint density at radius 2 is 2.00 bits per heavy atom. The Morgan fingerprint density at radius 3 is 2.50 bits per heavy atom. The van der Waals surface area contributed by atoms with Gasteiger partial charge in [-0.2, -0.15) is 0 Å². The van der Waals surface area contributed by atoms with Gasteiger partial charge in [-0.05, 0) is 45.7 Å². The molecule has 1 rings (SSSR count). The molecule has 1 fully saturated rings.